The lowest BCUT2D eigenvalue weighted by molar-refractivity contribution is -0.111. The molecule has 1 amide bonds. The number of anilines is 2. The molecule has 5 rings (SSSR count). The van der Waals surface area contributed by atoms with Crippen LogP contribution in [0, 0.1) is 0 Å². The molecule has 0 atom stereocenters. The lowest BCUT2D eigenvalue weighted by Gasteiger charge is -2.08. The molecule has 0 fully saturated rings. The van der Waals surface area contributed by atoms with E-state index >= 15 is 0 Å². The Labute approximate surface area is 203 Å². The fourth-order valence-electron chi connectivity index (χ4n) is 3.45. The summed E-state index contributed by atoms with van der Waals surface area (Å²) in [4.78, 5) is 29.0. The Morgan fingerprint density at radius 3 is 2.54 bits per heavy atom. The van der Waals surface area contributed by atoms with Gasteiger partial charge in [-0.25, -0.2) is 18.2 Å². The molecule has 2 heterocycles. The number of aromatic nitrogens is 1. The van der Waals surface area contributed by atoms with E-state index in [9.17, 15) is 18.0 Å². The minimum atomic E-state index is -3.78. The number of rotatable bonds is 6. The van der Waals surface area contributed by atoms with Crippen LogP contribution in [0.1, 0.15) is 0 Å². The van der Waals surface area contributed by atoms with Gasteiger partial charge in [-0.1, -0.05) is 24.8 Å². The molecule has 5 aromatic rings. The molecule has 3 aromatic carbocycles. The first-order chi connectivity index (χ1) is 16.8. The number of fused-ring (bicyclic) bond motifs is 2. The Balaban J connectivity index is 1.48. The molecule has 0 spiro atoms. The van der Waals surface area contributed by atoms with Crippen molar-refractivity contribution >= 4 is 59.8 Å². The van der Waals surface area contributed by atoms with E-state index in [0.717, 1.165) is 4.70 Å². The van der Waals surface area contributed by atoms with E-state index in [1.54, 1.807) is 54.6 Å². The smallest absolute Gasteiger partial charge is 0.346 e. The third-order valence-corrected chi connectivity index (χ3v) is 7.56. The van der Waals surface area contributed by atoms with Crippen molar-refractivity contribution in [2.45, 2.75) is 4.90 Å². The summed E-state index contributed by atoms with van der Waals surface area (Å²) in [6, 6.07) is 19.6. The molecule has 10 heteroatoms. The Kier molecular flexibility index (Phi) is 5.67. The van der Waals surface area contributed by atoms with Crippen molar-refractivity contribution in [3.05, 3.63) is 95.9 Å². The van der Waals surface area contributed by atoms with E-state index in [0.29, 0.717) is 21.6 Å². The van der Waals surface area contributed by atoms with Gasteiger partial charge in [-0.05, 0) is 54.6 Å². The number of thiazole rings is 1. The first-order valence-electron chi connectivity index (χ1n) is 10.3. The maximum Gasteiger partial charge on any atom is 0.346 e. The Morgan fingerprint density at radius 1 is 1.00 bits per heavy atom. The summed E-state index contributed by atoms with van der Waals surface area (Å²) in [5.41, 5.74) is 1.46. The molecule has 0 saturated carbocycles. The Hall–Kier alpha value is -4.28. The van der Waals surface area contributed by atoms with Gasteiger partial charge in [0.2, 0.25) is 5.91 Å². The van der Waals surface area contributed by atoms with Crippen LogP contribution in [-0.4, -0.2) is 19.3 Å². The minimum absolute atomic E-state index is 0.125. The van der Waals surface area contributed by atoms with E-state index in [1.165, 1.54) is 35.6 Å². The molecule has 2 N–H and O–H groups in total. The van der Waals surface area contributed by atoms with Crippen LogP contribution in [0.5, 0.6) is 0 Å². The zero-order valence-electron chi connectivity index (χ0n) is 18.0. The molecule has 35 heavy (non-hydrogen) atoms. The van der Waals surface area contributed by atoms with E-state index in [2.05, 4.69) is 21.6 Å². The summed E-state index contributed by atoms with van der Waals surface area (Å²) in [5, 5.41) is 3.77. The number of benzene rings is 3. The van der Waals surface area contributed by atoms with Crippen molar-refractivity contribution in [1.82, 2.24) is 4.98 Å². The van der Waals surface area contributed by atoms with Gasteiger partial charge >= 0.3 is 5.63 Å². The van der Waals surface area contributed by atoms with Crippen LogP contribution in [-0.2, 0) is 14.8 Å². The van der Waals surface area contributed by atoms with Crippen LogP contribution >= 0.6 is 11.3 Å². The van der Waals surface area contributed by atoms with Crippen LogP contribution < -0.4 is 15.7 Å². The first-order valence-corrected chi connectivity index (χ1v) is 12.6. The molecule has 0 aliphatic heterocycles. The summed E-state index contributed by atoms with van der Waals surface area (Å²) in [5.74, 6) is -0.324. The normalized spacial score (nSPS) is 11.4. The SMILES string of the molecule is C=CC(=O)Nc1ccc2nc(-c3cc4ccc(NS(=O)(=O)c5ccccc5)cc4oc3=O)sc2c1. The van der Waals surface area contributed by atoms with Crippen LogP contribution in [0.15, 0.2) is 99.6 Å². The van der Waals surface area contributed by atoms with Gasteiger partial charge in [-0.15, -0.1) is 11.3 Å². The van der Waals surface area contributed by atoms with Crippen LogP contribution in [0.25, 0.3) is 31.8 Å². The van der Waals surface area contributed by atoms with Gasteiger partial charge in [-0.3, -0.25) is 9.52 Å². The second-order valence-electron chi connectivity index (χ2n) is 7.51. The Bertz CT molecular complexity index is 1770. The topological polar surface area (TPSA) is 118 Å². The fraction of sp³-hybridized carbons (Fsp3) is 0. The van der Waals surface area contributed by atoms with Crippen molar-refractivity contribution < 1.29 is 17.6 Å². The number of nitrogens with zero attached hydrogens (tertiary/aromatic N) is 1. The molecule has 2 aromatic heterocycles. The average Bonchev–Trinajstić information content (AvgIpc) is 3.27. The summed E-state index contributed by atoms with van der Waals surface area (Å²) in [6.07, 6.45) is 1.18. The average molecular weight is 504 g/mol. The zero-order valence-corrected chi connectivity index (χ0v) is 19.7. The van der Waals surface area contributed by atoms with Crippen LogP contribution in [0.4, 0.5) is 11.4 Å². The molecule has 0 aliphatic rings. The number of hydrogen-bond acceptors (Lipinski definition) is 7. The molecular formula is C25H17N3O5S2. The maximum absolute atomic E-state index is 12.8. The van der Waals surface area contributed by atoms with Gasteiger partial charge in [0.1, 0.15) is 10.6 Å². The monoisotopic (exact) mass is 503 g/mol. The molecule has 0 bridgehead atoms. The first kappa shape index (κ1) is 22.5. The quantitative estimate of drug-likeness (QED) is 0.249. The second-order valence-corrected chi connectivity index (χ2v) is 10.2. The van der Waals surface area contributed by atoms with Crippen molar-refractivity contribution in [3.8, 4) is 10.6 Å². The largest absolute Gasteiger partial charge is 0.422 e. The lowest BCUT2D eigenvalue weighted by atomic mass is 10.2. The van der Waals surface area contributed by atoms with Gasteiger partial charge in [0.25, 0.3) is 10.0 Å². The standard InChI is InChI=1S/C25H17N3O5S2/c1-2-23(29)26-16-10-11-20-22(14-16)34-24(27-20)19-12-15-8-9-17(13-21(15)33-25(19)30)28-35(31,32)18-6-4-3-5-7-18/h2-14,28H,1H2,(H,26,29). The number of amides is 1. The number of sulfonamides is 1. The molecule has 8 nitrogen and oxygen atoms in total. The summed E-state index contributed by atoms with van der Waals surface area (Å²) >= 11 is 1.29. The third kappa shape index (κ3) is 4.57. The lowest BCUT2D eigenvalue weighted by Crippen LogP contribution is -2.12. The minimum Gasteiger partial charge on any atom is -0.422 e. The predicted octanol–water partition coefficient (Wildman–Crippen LogP) is 5.00. The van der Waals surface area contributed by atoms with Crippen molar-refractivity contribution in [1.29, 1.82) is 0 Å². The van der Waals surface area contributed by atoms with Gasteiger partial charge in [0.15, 0.2) is 0 Å². The van der Waals surface area contributed by atoms with E-state index < -0.39 is 15.6 Å². The molecule has 174 valence electrons. The number of carbonyl (C=O) groups excluding carboxylic acids is 1. The number of nitrogens with one attached hydrogen (secondary N) is 2. The van der Waals surface area contributed by atoms with Gasteiger partial charge in [-0.2, -0.15) is 0 Å². The second kappa shape index (κ2) is 8.82. The fourth-order valence-corrected chi connectivity index (χ4v) is 5.53. The maximum atomic E-state index is 12.8. The molecule has 0 unspecified atom stereocenters. The van der Waals surface area contributed by atoms with E-state index in [4.69, 9.17) is 4.42 Å². The predicted molar refractivity (Wildman–Crippen MR) is 137 cm³/mol. The van der Waals surface area contributed by atoms with E-state index in [-0.39, 0.29) is 27.6 Å². The van der Waals surface area contributed by atoms with Gasteiger partial charge in [0, 0.05) is 17.1 Å². The molecule has 0 aliphatic carbocycles. The highest BCUT2D eigenvalue weighted by atomic mass is 32.2. The third-order valence-electron chi connectivity index (χ3n) is 5.11. The molecular weight excluding hydrogens is 486 g/mol. The highest BCUT2D eigenvalue weighted by Crippen LogP contribution is 2.32. The highest BCUT2D eigenvalue weighted by Gasteiger charge is 2.16. The molecule has 0 saturated heterocycles. The van der Waals surface area contributed by atoms with Gasteiger partial charge in [0.05, 0.1) is 26.4 Å². The zero-order chi connectivity index (χ0) is 24.6. The summed E-state index contributed by atoms with van der Waals surface area (Å²) in [7, 11) is -3.78. The van der Waals surface area contributed by atoms with Crippen molar-refractivity contribution in [3.63, 3.8) is 0 Å². The van der Waals surface area contributed by atoms with E-state index in [1.807, 2.05) is 0 Å². The molecule has 0 radical (unpaired) electrons. The summed E-state index contributed by atoms with van der Waals surface area (Å²) in [6.45, 7) is 3.43. The van der Waals surface area contributed by atoms with Gasteiger partial charge < -0.3 is 9.73 Å². The Morgan fingerprint density at radius 2 is 1.77 bits per heavy atom. The van der Waals surface area contributed by atoms with Crippen LogP contribution in [0.3, 0.4) is 0 Å². The van der Waals surface area contributed by atoms with Crippen molar-refractivity contribution in [2.75, 3.05) is 10.0 Å². The van der Waals surface area contributed by atoms with Crippen LogP contribution in [0.2, 0.25) is 0 Å². The van der Waals surface area contributed by atoms with Crippen molar-refractivity contribution in [2.24, 2.45) is 0 Å². The summed E-state index contributed by atoms with van der Waals surface area (Å²) < 4.78 is 34.0. The number of carbonyl (C=O) groups is 1. The number of hydrogen-bond donors (Lipinski definition) is 2. The highest BCUT2D eigenvalue weighted by molar-refractivity contribution is 7.92.